The molecule has 164 valence electrons. The van der Waals surface area contributed by atoms with Crippen LogP contribution < -0.4 is 24.8 Å². The molecule has 1 aliphatic rings. The molecule has 0 aliphatic carbocycles. The lowest BCUT2D eigenvalue weighted by molar-refractivity contribution is 0.177. The largest absolute Gasteiger partial charge is 0.493 e. The second-order valence-corrected chi connectivity index (χ2v) is 6.86. The number of aliphatic imine (C=N–C) groups is 1. The van der Waals surface area contributed by atoms with E-state index >= 15 is 0 Å². The van der Waals surface area contributed by atoms with E-state index in [9.17, 15) is 0 Å². The second kappa shape index (κ2) is 10.1. The second-order valence-electron chi connectivity index (χ2n) is 6.86. The molecule has 30 heavy (non-hydrogen) atoms. The van der Waals surface area contributed by atoms with Crippen LogP contribution >= 0.6 is 0 Å². The molecule has 1 atom stereocenters. The van der Waals surface area contributed by atoms with Crippen LogP contribution in [0, 0.1) is 0 Å². The zero-order chi connectivity index (χ0) is 21.5. The van der Waals surface area contributed by atoms with Gasteiger partial charge in [-0.3, -0.25) is 4.99 Å². The van der Waals surface area contributed by atoms with Crippen molar-refractivity contribution in [3.63, 3.8) is 0 Å². The van der Waals surface area contributed by atoms with E-state index in [-0.39, 0.29) is 6.04 Å². The molecule has 0 radical (unpaired) electrons. The minimum absolute atomic E-state index is 0.202. The topological polar surface area (TPSA) is 104 Å². The van der Waals surface area contributed by atoms with Gasteiger partial charge >= 0.3 is 0 Å². The van der Waals surface area contributed by atoms with Gasteiger partial charge in [-0.05, 0) is 18.6 Å². The van der Waals surface area contributed by atoms with Crippen molar-refractivity contribution in [3.05, 3.63) is 29.3 Å². The number of ether oxygens (including phenoxy) is 4. The van der Waals surface area contributed by atoms with E-state index in [2.05, 4.69) is 25.7 Å². The van der Waals surface area contributed by atoms with Gasteiger partial charge in [0.1, 0.15) is 12.4 Å². The van der Waals surface area contributed by atoms with E-state index in [0.717, 1.165) is 36.6 Å². The number of rotatable bonds is 8. The van der Waals surface area contributed by atoms with Crippen molar-refractivity contribution in [1.82, 2.24) is 25.4 Å². The van der Waals surface area contributed by atoms with Gasteiger partial charge in [0.15, 0.2) is 23.3 Å². The molecule has 2 N–H and O–H groups in total. The van der Waals surface area contributed by atoms with Crippen molar-refractivity contribution in [2.45, 2.75) is 38.6 Å². The Bertz CT molecular complexity index is 882. The lowest BCUT2D eigenvalue weighted by Gasteiger charge is -2.25. The molecule has 1 unspecified atom stereocenters. The highest BCUT2D eigenvalue weighted by atomic mass is 16.5. The number of nitrogens with zero attached hydrogens (tertiary/aromatic N) is 4. The van der Waals surface area contributed by atoms with Gasteiger partial charge in [0.2, 0.25) is 5.75 Å². The maximum atomic E-state index is 5.55. The highest BCUT2D eigenvalue weighted by Crippen LogP contribution is 2.39. The van der Waals surface area contributed by atoms with Crippen LogP contribution in [-0.2, 0) is 30.9 Å². The van der Waals surface area contributed by atoms with Crippen LogP contribution in [0.3, 0.4) is 0 Å². The van der Waals surface area contributed by atoms with Gasteiger partial charge in [-0.1, -0.05) is 0 Å². The van der Waals surface area contributed by atoms with Crippen LogP contribution in [0.25, 0.3) is 0 Å². The number of fused-ring (bicyclic) bond motifs is 1. The Hall–Kier alpha value is -3.01. The summed E-state index contributed by atoms with van der Waals surface area (Å²) in [6.07, 6.45) is 1.81. The standard InChI is InChI=1S/C20H30N6O4/c1-21-20(22-10-13-6-8-15(28-3)19(30-5)18(13)29-4)23-14-7-9-17-24-16(12-27-2)25-26(17)11-14/h6,8,14H,7,9-12H2,1-5H3,(H2,21,22,23). The number of aromatic nitrogens is 3. The van der Waals surface area contributed by atoms with Crippen LogP contribution in [-0.4, -0.2) is 62.3 Å². The van der Waals surface area contributed by atoms with Gasteiger partial charge in [-0.2, -0.15) is 5.10 Å². The van der Waals surface area contributed by atoms with E-state index in [4.69, 9.17) is 18.9 Å². The minimum atomic E-state index is 0.202. The maximum absolute atomic E-state index is 5.55. The Morgan fingerprint density at radius 2 is 1.97 bits per heavy atom. The molecule has 10 nitrogen and oxygen atoms in total. The van der Waals surface area contributed by atoms with Crippen molar-refractivity contribution < 1.29 is 18.9 Å². The fourth-order valence-corrected chi connectivity index (χ4v) is 3.54. The van der Waals surface area contributed by atoms with E-state index < -0.39 is 0 Å². The van der Waals surface area contributed by atoms with Crippen molar-refractivity contribution in [1.29, 1.82) is 0 Å². The summed E-state index contributed by atoms with van der Waals surface area (Å²) in [5.41, 5.74) is 0.935. The molecule has 1 aromatic heterocycles. The first-order valence-electron chi connectivity index (χ1n) is 9.80. The summed E-state index contributed by atoms with van der Waals surface area (Å²) in [5, 5.41) is 11.3. The third-order valence-electron chi connectivity index (χ3n) is 4.97. The average Bonchev–Trinajstić information content (AvgIpc) is 3.17. The Balaban J connectivity index is 1.63. The Labute approximate surface area is 176 Å². The first kappa shape index (κ1) is 21.7. The minimum Gasteiger partial charge on any atom is -0.493 e. The van der Waals surface area contributed by atoms with Crippen LogP contribution in [0.4, 0.5) is 0 Å². The van der Waals surface area contributed by atoms with Crippen LogP contribution in [0.1, 0.15) is 23.6 Å². The normalized spacial score (nSPS) is 16.0. The Morgan fingerprint density at radius 3 is 2.63 bits per heavy atom. The molecular weight excluding hydrogens is 388 g/mol. The average molecular weight is 418 g/mol. The summed E-state index contributed by atoms with van der Waals surface area (Å²) < 4.78 is 23.4. The quantitative estimate of drug-likeness (QED) is 0.486. The highest BCUT2D eigenvalue weighted by molar-refractivity contribution is 5.80. The molecule has 1 aliphatic heterocycles. The zero-order valence-electron chi connectivity index (χ0n) is 18.2. The van der Waals surface area contributed by atoms with E-state index in [1.165, 1.54) is 0 Å². The summed E-state index contributed by atoms with van der Waals surface area (Å²) in [6, 6.07) is 4.01. The molecule has 0 saturated carbocycles. The molecule has 10 heteroatoms. The van der Waals surface area contributed by atoms with Crippen molar-refractivity contribution >= 4 is 5.96 Å². The summed E-state index contributed by atoms with van der Waals surface area (Å²) in [4.78, 5) is 8.87. The molecule has 0 bridgehead atoms. The van der Waals surface area contributed by atoms with E-state index in [1.807, 2.05) is 16.8 Å². The predicted molar refractivity (Wildman–Crippen MR) is 112 cm³/mol. The first-order chi connectivity index (χ1) is 14.6. The molecule has 0 saturated heterocycles. The van der Waals surface area contributed by atoms with Gasteiger partial charge in [0.25, 0.3) is 0 Å². The van der Waals surface area contributed by atoms with Gasteiger partial charge in [-0.25, -0.2) is 9.67 Å². The number of nitrogens with one attached hydrogen (secondary N) is 2. The number of benzene rings is 1. The molecule has 0 spiro atoms. The monoisotopic (exact) mass is 418 g/mol. The smallest absolute Gasteiger partial charge is 0.203 e. The number of guanidine groups is 1. The SMILES string of the molecule is CN=C(NCc1ccc(OC)c(OC)c1OC)NC1CCc2nc(COC)nn2C1. The van der Waals surface area contributed by atoms with Crippen molar-refractivity contribution in [3.8, 4) is 17.2 Å². The summed E-state index contributed by atoms with van der Waals surface area (Å²) >= 11 is 0. The summed E-state index contributed by atoms with van der Waals surface area (Å²) in [7, 11) is 8.21. The van der Waals surface area contributed by atoms with Crippen LogP contribution in [0.5, 0.6) is 17.2 Å². The fraction of sp³-hybridized carbons (Fsp3) is 0.550. The van der Waals surface area contributed by atoms with Crippen molar-refractivity contribution in [2.75, 3.05) is 35.5 Å². The zero-order valence-corrected chi connectivity index (χ0v) is 18.2. The summed E-state index contributed by atoms with van der Waals surface area (Å²) in [6.45, 7) is 1.67. The first-order valence-corrected chi connectivity index (χ1v) is 9.80. The molecule has 0 amide bonds. The van der Waals surface area contributed by atoms with E-state index in [0.29, 0.717) is 36.4 Å². The number of aryl methyl sites for hydroxylation is 1. The molecule has 0 fully saturated rings. The molecule has 1 aromatic carbocycles. The fourth-order valence-electron chi connectivity index (χ4n) is 3.54. The van der Waals surface area contributed by atoms with E-state index in [1.54, 1.807) is 35.5 Å². The molecule has 2 heterocycles. The lowest BCUT2D eigenvalue weighted by Crippen LogP contribution is -2.46. The lowest BCUT2D eigenvalue weighted by atomic mass is 10.1. The van der Waals surface area contributed by atoms with Crippen LogP contribution in [0.15, 0.2) is 17.1 Å². The Morgan fingerprint density at radius 1 is 1.17 bits per heavy atom. The van der Waals surface area contributed by atoms with Crippen LogP contribution in [0.2, 0.25) is 0 Å². The number of methoxy groups -OCH3 is 4. The number of hydrogen-bond donors (Lipinski definition) is 2. The van der Waals surface area contributed by atoms with Gasteiger partial charge in [0, 0.05) is 38.7 Å². The Kier molecular flexibility index (Phi) is 7.34. The highest BCUT2D eigenvalue weighted by Gasteiger charge is 2.23. The maximum Gasteiger partial charge on any atom is 0.203 e. The third kappa shape index (κ3) is 4.76. The number of hydrogen-bond acceptors (Lipinski definition) is 7. The third-order valence-corrected chi connectivity index (χ3v) is 4.97. The van der Waals surface area contributed by atoms with Crippen molar-refractivity contribution in [2.24, 2.45) is 4.99 Å². The van der Waals surface area contributed by atoms with Gasteiger partial charge < -0.3 is 29.6 Å². The molecule has 2 aromatic rings. The molecule has 3 rings (SSSR count). The van der Waals surface area contributed by atoms with Gasteiger partial charge in [0.05, 0.1) is 27.9 Å². The molecular formula is C20H30N6O4. The predicted octanol–water partition coefficient (Wildman–Crippen LogP) is 1.13. The van der Waals surface area contributed by atoms with Gasteiger partial charge in [-0.15, -0.1) is 0 Å². The summed E-state index contributed by atoms with van der Waals surface area (Å²) in [5.74, 6) is 4.25.